The molecule has 0 radical (unpaired) electrons. The van der Waals surface area contributed by atoms with Gasteiger partial charge in [0.25, 0.3) is 0 Å². The van der Waals surface area contributed by atoms with Crippen LogP contribution in [0.1, 0.15) is 51.4 Å². The molecule has 2 aliphatic rings. The third-order valence-corrected chi connectivity index (χ3v) is 4.23. The summed E-state index contributed by atoms with van der Waals surface area (Å²) in [6, 6.07) is 0. The van der Waals surface area contributed by atoms with Crippen LogP contribution in [-0.4, -0.2) is 33.9 Å². The first kappa shape index (κ1) is 11.9. The maximum atomic E-state index is 11.4. The Balaban J connectivity index is 2.13. The Bertz CT molecular complexity index is 265. The van der Waals surface area contributed by atoms with Crippen LogP contribution in [0.5, 0.6) is 0 Å². The summed E-state index contributed by atoms with van der Waals surface area (Å²) in [6.07, 6.45) is 7.32. The van der Waals surface area contributed by atoms with Gasteiger partial charge in [-0.25, -0.2) is 0 Å². The molecule has 0 aliphatic heterocycles. The van der Waals surface area contributed by atoms with Gasteiger partial charge >= 0.3 is 5.97 Å². The van der Waals surface area contributed by atoms with E-state index >= 15 is 0 Å². The summed E-state index contributed by atoms with van der Waals surface area (Å²) in [4.78, 5) is 11.4. The summed E-state index contributed by atoms with van der Waals surface area (Å²) in [5, 5.41) is 22.2. The number of aliphatic hydroxyl groups excluding tert-OH is 1. The van der Waals surface area contributed by atoms with Crippen molar-refractivity contribution in [1.82, 2.24) is 5.32 Å². The van der Waals surface area contributed by atoms with Gasteiger partial charge in [0.05, 0.1) is 6.61 Å². The van der Waals surface area contributed by atoms with Gasteiger partial charge in [-0.3, -0.25) is 10.1 Å². The summed E-state index contributed by atoms with van der Waals surface area (Å²) in [6.45, 7) is 0.0576. The minimum absolute atomic E-state index is 0.0576. The van der Waals surface area contributed by atoms with E-state index in [2.05, 4.69) is 5.32 Å². The number of rotatable bonds is 4. The molecule has 0 bridgehead atoms. The molecule has 0 aromatic rings. The molecule has 0 unspecified atom stereocenters. The van der Waals surface area contributed by atoms with Crippen molar-refractivity contribution in [3.8, 4) is 0 Å². The molecular formula is C12H21NO3. The molecule has 4 nitrogen and oxygen atoms in total. The summed E-state index contributed by atoms with van der Waals surface area (Å²) in [5.41, 5.74) is -1.10. The van der Waals surface area contributed by atoms with E-state index in [0.717, 1.165) is 38.5 Å². The van der Waals surface area contributed by atoms with E-state index in [4.69, 9.17) is 0 Å². The van der Waals surface area contributed by atoms with Gasteiger partial charge in [0.15, 0.2) is 0 Å². The molecule has 0 aromatic carbocycles. The van der Waals surface area contributed by atoms with Crippen molar-refractivity contribution < 1.29 is 15.0 Å². The highest BCUT2D eigenvalue weighted by atomic mass is 16.4. The van der Waals surface area contributed by atoms with Gasteiger partial charge in [0, 0.05) is 5.54 Å². The van der Waals surface area contributed by atoms with E-state index < -0.39 is 11.5 Å². The molecule has 4 heteroatoms. The molecule has 0 aromatic heterocycles. The predicted octanol–water partition coefficient (Wildman–Crippen LogP) is 1.28. The lowest BCUT2D eigenvalue weighted by atomic mass is 9.89. The Morgan fingerprint density at radius 3 is 2.00 bits per heavy atom. The molecule has 0 atom stereocenters. The predicted molar refractivity (Wildman–Crippen MR) is 60.3 cm³/mol. The molecule has 0 heterocycles. The minimum Gasteiger partial charge on any atom is -0.480 e. The zero-order valence-electron chi connectivity index (χ0n) is 9.67. The number of carboxylic acids is 1. The van der Waals surface area contributed by atoms with Crippen molar-refractivity contribution in [2.75, 3.05) is 6.61 Å². The lowest BCUT2D eigenvalue weighted by Gasteiger charge is -2.37. The van der Waals surface area contributed by atoms with Crippen LogP contribution in [0.2, 0.25) is 0 Å². The number of hydrogen-bond donors (Lipinski definition) is 3. The second-order valence-corrected chi connectivity index (χ2v) is 5.36. The van der Waals surface area contributed by atoms with Crippen molar-refractivity contribution in [2.45, 2.75) is 62.4 Å². The molecule has 0 amide bonds. The monoisotopic (exact) mass is 227 g/mol. The zero-order valence-corrected chi connectivity index (χ0v) is 9.67. The fourth-order valence-corrected chi connectivity index (χ4v) is 3.25. The number of aliphatic hydroxyl groups is 1. The minimum atomic E-state index is -0.771. The molecule has 2 aliphatic carbocycles. The van der Waals surface area contributed by atoms with Crippen LogP contribution in [0.15, 0.2) is 0 Å². The molecule has 16 heavy (non-hydrogen) atoms. The number of nitrogens with one attached hydrogen (secondary N) is 1. The molecule has 2 fully saturated rings. The Kier molecular flexibility index (Phi) is 3.22. The second kappa shape index (κ2) is 4.34. The van der Waals surface area contributed by atoms with Crippen molar-refractivity contribution in [2.24, 2.45) is 0 Å². The van der Waals surface area contributed by atoms with Gasteiger partial charge in [0.2, 0.25) is 0 Å². The number of hydrogen-bond acceptors (Lipinski definition) is 3. The SMILES string of the molecule is O=C(O)C1(NC2(CO)CCCC2)CCCC1. The molecule has 2 saturated carbocycles. The molecule has 0 spiro atoms. The van der Waals surface area contributed by atoms with Crippen LogP contribution in [0.25, 0.3) is 0 Å². The van der Waals surface area contributed by atoms with E-state index in [1.807, 2.05) is 0 Å². The highest BCUT2D eigenvalue weighted by Gasteiger charge is 2.47. The summed E-state index contributed by atoms with van der Waals surface area (Å²) < 4.78 is 0. The van der Waals surface area contributed by atoms with Gasteiger partial charge in [-0.15, -0.1) is 0 Å². The fourth-order valence-electron chi connectivity index (χ4n) is 3.25. The highest BCUT2D eigenvalue weighted by Crippen LogP contribution is 2.37. The van der Waals surface area contributed by atoms with Crippen molar-refractivity contribution in [1.29, 1.82) is 0 Å². The zero-order chi connectivity index (χ0) is 11.6. The van der Waals surface area contributed by atoms with Gasteiger partial charge in [-0.2, -0.15) is 0 Å². The van der Waals surface area contributed by atoms with Gasteiger partial charge in [-0.1, -0.05) is 25.7 Å². The van der Waals surface area contributed by atoms with E-state index in [-0.39, 0.29) is 12.1 Å². The standard InChI is InChI=1S/C12H21NO3/c14-9-11(5-1-2-6-11)13-12(10(15)16)7-3-4-8-12/h13-14H,1-9H2,(H,15,16). The Morgan fingerprint density at radius 2 is 1.56 bits per heavy atom. The quantitative estimate of drug-likeness (QED) is 0.676. The smallest absolute Gasteiger partial charge is 0.323 e. The summed E-state index contributed by atoms with van der Waals surface area (Å²) in [7, 11) is 0. The van der Waals surface area contributed by atoms with Crippen molar-refractivity contribution in [3.05, 3.63) is 0 Å². The van der Waals surface area contributed by atoms with Crippen LogP contribution < -0.4 is 5.32 Å². The topological polar surface area (TPSA) is 69.6 Å². The first-order valence-corrected chi connectivity index (χ1v) is 6.26. The van der Waals surface area contributed by atoms with Crippen LogP contribution in [0.3, 0.4) is 0 Å². The highest BCUT2D eigenvalue weighted by molar-refractivity contribution is 5.79. The fraction of sp³-hybridized carbons (Fsp3) is 0.917. The van der Waals surface area contributed by atoms with E-state index in [0.29, 0.717) is 12.8 Å². The van der Waals surface area contributed by atoms with E-state index in [9.17, 15) is 15.0 Å². The van der Waals surface area contributed by atoms with Crippen molar-refractivity contribution in [3.63, 3.8) is 0 Å². The maximum Gasteiger partial charge on any atom is 0.323 e. The lowest BCUT2D eigenvalue weighted by molar-refractivity contribution is -0.146. The summed E-state index contributed by atoms with van der Waals surface area (Å²) in [5.74, 6) is -0.746. The number of aliphatic carboxylic acids is 1. The van der Waals surface area contributed by atoms with E-state index in [1.165, 1.54) is 0 Å². The number of carboxylic acid groups (broad SMARTS) is 1. The van der Waals surface area contributed by atoms with E-state index in [1.54, 1.807) is 0 Å². The van der Waals surface area contributed by atoms with Gasteiger partial charge in [-0.05, 0) is 25.7 Å². The van der Waals surface area contributed by atoms with Crippen LogP contribution >= 0.6 is 0 Å². The average molecular weight is 227 g/mol. The van der Waals surface area contributed by atoms with Gasteiger partial charge < -0.3 is 10.2 Å². The number of carbonyl (C=O) groups is 1. The molecular weight excluding hydrogens is 206 g/mol. The summed E-state index contributed by atoms with van der Waals surface area (Å²) >= 11 is 0. The Labute approximate surface area is 96.0 Å². The average Bonchev–Trinajstić information content (AvgIpc) is 2.89. The van der Waals surface area contributed by atoms with Gasteiger partial charge in [0.1, 0.15) is 5.54 Å². The maximum absolute atomic E-state index is 11.4. The largest absolute Gasteiger partial charge is 0.480 e. The molecule has 92 valence electrons. The lowest BCUT2D eigenvalue weighted by Crippen LogP contribution is -2.61. The Hall–Kier alpha value is -0.610. The first-order valence-electron chi connectivity index (χ1n) is 6.26. The normalized spacial score (nSPS) is 27.1. The van der Waals surface area contributed by atoms with Crippen LogP contribution in [0, 0.1) is 0 Å². The van der Waals surface area contributed by atoms with Crippen LogP contribution in [0.4, 0.5) is 0 Å². The third kappa shape index (κ3) is 1.96. The Morgan fingerprint density at radius 1 is 1.06 bits per heavy atom. The molecule has 0 saturated heterocycles. The van der Waals surface area contributed by atoms with Crippen LogP contribution in [-0.2, 0) is 4.79 Å². The third-order valence-electron chi connectivity index (χ3n) is 4.23. The molecule has 3 N–H and O–H groups in total. The molecule has 2 rings (SSSR count). The first-order chi connectivity index (χ1) is 7.63. The second-order valence-electron chi connectivity index (χ2n) is 5.36. The van der Waals surface area contributed by atoms with Crippen molar-refractivity contribution >= 4 is 5.97 Å².